The van der Waals surface area contributed by atoms with Crippen LogP contribution in [0, 0.1) is 11.7 Å². The van der Waals surface area contributed by atoms with E-state index in [1.807, 2.05) is 0 Å². The maximum Gasteiger partial charge on any atom is 0.308 e. The van der Waals surface area contributed by atoms with Crippen LogP contribution in [-0.4, -0.2) is 56.8 Å². The summed E-state index contributed by atoms with van der Waals surface area (Å²) in [5.74, 6) is -1.76. The third-order valence-electron chi connectivity index (χ3n) is 5.30. The lowest BCUT2D eigenvalue weighted by Gasteiger charge is -2.30. The van der Waals surface area contributed by atoms with Crippen LogP contribution in [0.25, 0.3) is 16.9 Å². The predicted molar refractivity (Wildman–Crippen MR) is 110 cm³/mol. The first-order valence-corrected chi connectivity index (χ1v) is 9.85. The Morgan fingerprint density at radius 2 is 1.97 bits per heavy atom. The van der Waals surface area contributed by atoms with E-state index < -0.39 is 11.9 Å². The maximum atomic E-state index is 13.4. The third-order valence-corrected chi connectivity index (χ3v) is 5.30. The van der Waals surface area contributed by atoms with Crippen molar-refractivity contribution in [2.24, 2.45) is 5.92 Å². The van der Waals surface area contributed by atoms with Crippen molar-refractivity contribution in [2.75, 3.05) is 20.2 Å². The highest BCUT2D eigenvalue weighted by atomic mass is 19.1. The van der Waals surface area contributed by atoms with Crippen molar-refractivity contribution in [3.63, 3.8) is 0 Å². The fourth-order valence-electron chi connectivity index (χ4n) is 3.65. The zero-order valence-corrected chi connectivity index (χ0v) is 16.9. The van der Waals surface area contributed by atoms with E-state index in [-0.39, 0.29) is 24.0 Å². The van der Waals surface area contributed by atoms with Crippen LogP contribution in [0.5, 0.6) is 5.88 Å². The number of aromatic nitrogens is 3. The largest absolute Gasteiger partial charge is 0.481 e. The molecule has 2 aromatic heterocycles. The van der Waals surface area contributed by atoms with Gasteiger partial charge in [0.15, 0.2) is 5.69 Å². The molecule has 1 aliphatic heterocycles. The van der Waals surface area contributed by atoms with Gasteiger partial charge in [0.05, 0.1) is 30.6 Å². The molecule has 1 N–H and O–H groups in total. The number of carbonyl (C=O) groups is 2. The molecule has 31 heavy (non-hydrogen) atoms. The van der Waals surface area contributed by atoms with Gasteiger partial charge < -0.3 is 14.7 Å². The number of amides is 1. The predicted octanol–water partition coefficient (Wildman–Crippen LogP) is 3.02. The van der Waals surface area contributed by atoms with Gasteiger partial charge >= 0.3 is 5.97 Å². The number of hydrogen-bond acceptors (Lipinski definition) is 5. The zero-order chi connectivity index (χ0) is 22.0. The molecule has 1 aromatic carbocycles. The Morgan fingerprint density at radius 3 is 2.61 bits per heavy atom. The lowest BCUT2D eigenvalue weighted by atomic mass is 9.98. The molecule has 1 amide bonds. The molecule has 9 heteroatoms. The van der Waals surface area contributed by atoms with Gasteiger partial charge in [-0.15, -0.1) is 0 Å². The fourth-order valence-corrected chi connectivity index (χ4v) is 3.65. The van der Waals surface area contributed by atoms with Gasteiger partial charge in [0.2, 0.25) is 5.88 Å². The molecule has 1 saturated heterocycles. The van der Waals surface area contributed by atoms with Crippen LogP contribution >= 0.6 is 0 Å². The van der Waals surface area contributed by atoms with Gasteiger partial charge in [0.1, 0.15) is 5.82 Å². The first-order chi connectivity index (χ1) is 15.0. The molecule has 8 nitrogen and oxygen atoms in total. The number of methoxy groups -OCH3 is 1. The van der Waals surface area contributed by atoms with Crippen LogP contribution in [0.1, 0.15) is 23.3 Å². The summed E-state index contributed by atoms with van der Waals surface area (Å²) in [5, 5.41) is 13.8. The van der Waals surface area contributed by atoms with Crippen LogP contribution in [0.4, 0.5) is 4.39 Å². The second-order valence-electron chi connectivity index (χ2n) is 7.32. The third kappa shape index (κ3) is 4.25. The van der Waals surface area contributed by atoms with E-state index >= 15 is 0 Å². The van der Waals surface area contributed by atoms with E-state index in [9.17, 15) is 19.1 Å². The summed E-state index contributed by atoms with van der Waals surface area (Å²) in [7, 11) is 1.51. The molecule has 3 heterocycles. The first kappa shape index (κ1) is 20.5. The van der Waals surface area contributed by atoms with E-state index in [0.717, 1.165) is 0 Å². The monoisotopic (exact) mass is 424 g/mol. The Kier molecular flexibility index (Phi) is 5.66. The zero-order valence-electron chi connectivity index (χ0n) is 16.9. The molecular weight excluding hydrogens is 403 g/mol. The molecule has 160 valence electrons. The van der Waals surface area contributed by atoms with Crippen molar-refractivity contribution < 1.29 is 23.8 Å². The molecular formula is C22H21FN4O4. The van der Waals surface area contributed by atoms with Gasteiger partial charge in [-0.05, 0) is 49.2 Å². The van der Waals surface area contributed by atoms with Crippen molar-refractivity contribution in [2.45, 2.75) is 12.8 Å². The Balaban J connectivity index is 1.72. The van der Waals surface area contributed by atoms with Crippen LogP contribution in [0.3, 0.4) is 0 Å². The number of aliphatic carboxylic acids is 1. The molecule has 1 fully saturated rings. The van der Waals surface area contributed by atoms with Crippen molar-refractivity contribution in [1.82, 2.24) is 19.7 Å². The Morgan fingerprint density at radius 1 is 1.19 bits per heavy atom. The van der Waals surface area contributed by atoms with Crippen LogP contribution < -0.4 is 4.74 Å². The number of carboxylic acid groups (broad SMARTS) is 1. The quantitative estimate of drug-likeness (QED) is 0.676. The summed E-state index contributed by atoms with van der Waals surface area (Å²) < 4.78 is 20.1. The number of benzene rings is 1. The summed E-state index contributed by atoms with van der Waals surface area (Å²) in [6.07, 6.45) is 2.73. The van der Waals surface area contributed by atoms with E-state index in [1.165, 1.54) is 24.1 Å². The first-order valence-electron chi connectivity index (χ1n) is 9.85. The lowest BCUT2D eigenvalue weighted by Crippen LogP contribution is -2.42. The van der Waals surface area contributed by atoms with E-state index in [0.29, 0.717) is 42.2 Å². The molecule has 1 aliphatic rings. The molecule has 3 aromatic rings. The topological polar surface area (TPSA) is 97.6 Å². The average Bonchev–Trinajstić information content (AvgIpc) is 3.24. The van der Waals surface area contributed by atoms with Gasteiger partial charge in [-0.25, -0.2) is 14.1 Å². The molecule has 0 bridgehead atoms. The maximum absolute atomic E-state index is 13.4. The Labute approximate surface area is 177 Å². The minimum Gasteiger partial charge on any atom is -0.481 e. The molecule has 0 radical (unpaired) electrons. The van der Waals surface area contributed by atoms with E-state index in [2.05, 4.69) is 10.1 Å². The van der Waals surface area contributed by atoms with E-state index in [4.69, 9.17) is 4.74 Å². The Bertz CT molecular complexity index is 1100. The summed E-state index contributed by atoms with van der Waals surface area (Å²) in [5.41, 5.74) is 2.04. The standard InChI is InChI=1S/C22H21FN4O4/c1-31-20-9-8-17(12-24-20)27-19(14-4-6-16(23)7-5-14)11-18(25-27)21(28)26-10-2-3-15(13-26)22(29)30/h4-9,11-12,15H,2-3,10,13H2,1H3,(H,29,30). The van der Waals surface area contributed by atoms with Crippen molar-refractivity contribution >= 4 is 11.9 Å². The number of hydrogen-bond donors (Lipinski definition) is 1. The number of rotatable bonds is 5. The minimum absolute atomic E-state index is 0.150. The second-order valence-corrected chi connectivity index (χ2v) is 7.32. The number of pyridine rings is 1. The number of carbonyl (C=O) groups excluding carboxylic acids is 1. The highest BCUT2D eigenvalue weighted by Crippen LogP contribution is 2.26. The molecule has 0 aliphatic carbocycles. The second kappa shape index (κ2) is 8.55. The van der Waals surface area contributed by atoms with Crippen LogP contribution in [0.2, 0.25) is 0 Å². The molecule has 4 rings (SSSR count). The summed E-state index contributed by atoms with van der Waals surface area (Å²) >= 11 is 0. The van der Waals surface area contributed by atoms with Gasteiger partial charge in [0.25, 0.3) is 5.91 Å². The van der Waals surface area contributed by atoms with Crippen molar-refractivity contribution in [3.05, 3.63) is 60.2 Å². The van der Waals surface area contributed by atoms with Gasteiger partial charge in [-0.2, -0.15) is 5.10 Å². The van der Waals surface area contributed by atoms with Crippen molar-refractivity contribution in [3.8, 4) is 22.8 Å². The van der Waals surface area contributed by atoms with Crippen LogP contribution in [0.15, 0.2) is 48.7 Å². The number of halogens is 1. The molecule has 1 unspecified atom stereocenters. The molecule has 0 saturated carbocycles. The molecule has 0 spiro atoms. The van der Waals surface area contributed by atoms with Crippen molar-refractivity contribution in [1.29, 1.82) is 0 Å². The average molecular weight is 424 g/mol. The minimum atomic E-state index is -0.903. The highest BCUT2D eigenvalue weighted by Gasteiger charge is 2.30. The van der Waals surface area contributed by atoms with Gasteiger partial charge in [-0.1, -0.05) is 0 Å². The number of carboxylic acids is 1. The fraction of sp³-hybridized carbons (Fsp3) is 0.273. The lowest BCUT2D eigenvalue weighted by molar-refractivity contribution is -0.143. The number of ether oxygens (including phenoxy) is 1. The highest BCUT2D eigenvalue weighted by molar-refractivity contribution is 5.94. The SMILES string of the molecule is COc1ccc(-n2nc(C(=O)N3CCCC(C(=O)O)C3)cc2-c2ccc(F)cc2)cn1. The van der Waals surface area contributed by atoms with E-state index in [1.54, 1.807) is 41.2 Å². The van der Waals surface area contributed by atoms with Gasteiger partial charge in [-0.3, -0.25) is 9.59 Å². The number of nitrogens with zero attached hydrogens (tertiary/aromatic N) is 4. The van der Waals surface area contributed by atoms with Crippen LogP contribution in [-0.2, 0) is 4.79 Å². The van der Waals surface area contributed by atoms with Gasteiger partial charge in [0, 0.05) is 24.7 Å². The normalized spacial score (nSPS) is 16.2. The Hall–Kier alpha value is -3.75. The smallest absolute Gasteiger partial charge is 0.308 e. The summed E-state index contributed by atoms with van der Waals surface area (Å²) in [4.78, 5) is 30.2. The number of likely N-dealkylation sites (tertiary alicyclic amines) is 1. The molecule has 1 atom stereocenters. The summed E-state index contributed by atoms with van der Waals surface area (Å²) in [6.45, 7) is 0.627. The summed E-state index contributed by atoms with van der Waals surface area (Å²) in [6, 6.07) is 10.9. The number of piperidine rings is 1.